The summed E-state index contributed by atoms with van der Waals surface area (Å²) in [6.07, 6.45) is -3.05. The van der Waals surface area contributed by atoms with Crippen LogP contribution in [-0.2, 0) is 6.18 Å². The number of hydrogen-bond acceptors (Lipinski definition) is 6. The first-order chi connectivity index (χ1) is 15.6. The van der Waals surface area contributed by atoms with Gasteiger partial charge >= 0.3 is 6.18 Å². The molecule has 0 saturated carbocycles. The van der Waals surface area contributed by atoms with Gasteiger partial charge in [-0.2, -0.15) is 13.2 Å². The summed E-state index contributed by atoms with van der Waals surface area (Å²) in [6.45, 7) is 6.49. The maximum Gasteiger partial charge on any atom is 0.433 e. The lowest BCUT2D eigenvalue weighted by atomic mass is 10.1. The van der Waals surface area contributed by atoms with Gasteiger partial charge in [-0.15, -0.1) is 0 Å². The maximum atomic E-state index is 13.3. The lowest BCUT2D eigenvalue weighted by Gasteiger charge is -2.15. The summed E-state index contributed by atoms with van der Waals surface area (Å²) in [5.41, 5.74) is 5.55. The highest BCUT2D eigenvalue weighted by molar-refractivity contribution is 5.98. The van der Waals surface area contributed by atoms with Gasteiger partial charge in [0, 0.05) is 24.0 Å². The van der Waals surface area contributed by atoms with Crippen molar-refractivity contribution in [1.29, 1.82) is 0 Å². The minimum Gasteiger partial charge on any atom is -0.489 e. The summed E-state index contributed by atoms with van der Waals surface area (Å²) in [6, 6.07) is 4.78. The number of carbonyl (C=O) groups excluding carboxylic acids is 1. The maximum absolute atomic E-state index is 13.3. The Kier molecular flexibility index (Phi) is 6.04. The number of pyridine rings is 1. The summed E-state index contributed by atoms with van der Waals surface area (Å²) < 4.78 is 51.6. The van der Waals surface area contributed by atoms with Crippen molar-refractivity contribution in [2.75, 3.05) is 13.1 Å². The van der Waals surface area contributed by atoms with Gasteiger partial charge in [-0.3, -0.25) is 4.79 Å². The lowest BCUT2D eigenvalue weighted by Crippen LogP contribution is -2.29. The molecule has 1 saturated heterocycles. The predicted molar refractivity (Wildman–Crippen MR) is 116 cm³/mol. The molecule has 176 valence electrons. The number of aromatic nitrogens is 2. The van der Waals surface area contributed by atoms with Gasteiger partial charge in [-0.25, -0.2) is 9.97 Å². The molecule has 10 heteroatoms. The highest BCUT2D eigenvalue weighted by Gasteiger charge is 2.34. The van der Waals surface area contributed by atoms with Crippen molar-refractivity contribution in [1.82, 2.24) is 14.9 Å². The first kappa shape index (κ1) is 23.0. The largest absolute Gasteiger partial charge is 0.489 e. The van der Waals surface area contributed by atoms with Crippen LogP contribution >= 0.6 is 0 Å². The number of nitrogens with zero attached hydrogens (tertiary/aromatic N) is 3. The molecule has 3 heterocycles. The number of carbonyl (C=O) groups is 1. The van der Waals surface area contributed by atoms with E-state index in [2.05, 4.69) is 9.97 Å². The van der Waals surface area contributed by atoms with Crippen LogP contribution in [0.2, 0.25) is 0 Å². The van der Waals surface area contributed by atoms with Gasteiger partial charge in [0.1, 0.15) is 17.0 Å². The number of rotatable bonds is 5. The third kappa shape index (κ3) is 4.52. The molecule has 1 fully saturated rings. The molecule has 33 heavy (non-hydrogen) atoms. The fourth-order valence-electron chi connectivity index (χ4n) is 3.86. The average molecular weight is 462 g/mol. The van der Waals surface area contributed by atoms with Crippen LogP contribution in [0, 0.1) is 0 Å². The normalized spacial score (nSPS) is 15.5. The number of benzene rings is 1. The van der Waals surface area contributed by atoms with Crippen molar-refractivity contribution in [3.63, 3.8) is 0 Å². The van der Waals surface area contributed by atoms with Crippen LogP contribution in [0.25, 0.3) is 22.4 Å². The highest BCUT2D eigenvalue weighted by atomic mass is 19.4. The molecule has 1 aliphatic heterocycles. The average Bonchev–Trinajstić information content (AvgIpc) is 3.42. The molecule has 2 aromatic heterocycles. The number of likely N-dealkylation sites (tertiary alicyclic amines) is 1. The third-order valence-corrected chi connectivity index (χ3v) is 5.37. The molecule has 1 atom stereocenters. The first-order valence-electron chi connectivity index (χ1n) is 10.8. The molecule has 4 rings (SSSR count). The molecule has 3 aromatic rings. The number of ether oxygens (including phenoxy) is 1. The molecule has 0 radical (unpaired) electrons. The van der Waals surface area contributed by atoms with Crippen LogP contribution in [0.3, 0.4) is 0 Å². The van der Waals surface area contributed by atoms with Gasteiger partial charge < -0.3 is 19.8 Å². The highest BCUT2D eigenvalue weighted by Crippen LogP contribution is 2.38. The zero-order valence-electron chi connectivity index (χ0n) is 18.6. The van der Waals surface area contributed by atoms with Gasteiger partial charge in [0.05, 0.1) is 12.1 Å². The number of nitrogens with two attached hydrogens (primary N) is 1. The summed E-state index contributed by atoms with van der Waals surface area (Å²) in [5, 5.41) is 0.360. The Labute approximate surface area is 188 Å². The van der Waals surface area contributed by atoms with Gasteiger partial charge in [0.25, 0.3) is 5.91 Å². The number of amides is 1. The number of oxazole rings is 1. The van der Waals surface area contributed by atoms with E-state index in [4.69, 9.17) is 14.9 Å². The van der Waals surface area contributed by atoms with E-state index >= 15 is 0 Å². The molecule has 1 aromatic carbocycles. The number of fused-ring (bicyclic) bond motifs is 1. The molecule has 1 aliphatic rings. The Morgan fingerprint density at radius 3 is 2.42 bits per heavy atom. The van der Waals surface area contributed by atoms with Gasteiger partial charge in [-0.1, -0.05) is 0 Å². The van der Waals surface area contributed by atoms with E-state index in [0.717, 1.165) is 18.9 Å². The van der Waals surface area contributed by atoms with Crippen LogP contribution in [0.15, 0.2) is 28.7 Å². The van der Waals surface area contributed by atoms with Crippen molar-refractivity contribution in [3.8, 4) is 17.2 Å². The lowest BCUT2D eigenvalue weighted by molar-refractivity contribution is -0.140. The second-order valence-electron chi connectivity index (χ2n) is 8.39. The Hall–Kier alpha value is -3.14. The third-order valence-electron chi connectivity index (χ3n) is 5.37. The molecular weight excluding hydrogens is 437 g/mol. The van der Waals surface area contributed by atoms with E-state index < -0.39 is 17.9 Å². The van der Waals surface area contributed by atoms with E-state index in [1.54, 1.807) is 31.7 Å². The zero-order chi connectivity index (χ0) is 23.9. The Morgan fingerprint density at radius 1 is 1.12 bits per heavy atom. The summed E-state index contributed by atoms with van der Waals surface area (Å²) in [4.78, 5) is 23.0. The van der Waals surface area contributed by atoms with E-state index in [1.807, 2.05) is 0 Å². The van der Waals surface area contributed by atoms with Gasteiger partial charge in [-0.05, 0) is 57.9 Å². The monoisotopic (exact) mass is 462 g/mol. The molecule has 0 bridgehead atoms. The Balaban J connectivity index is 1.87. The SMILES string of the molecule is CC(C)Oc1ccc(-c2nc(C(=O)N3CCCC3)c(C(C)N)o2)c2ccc(C(F)(F)F)nc12. The Morgan fingerprint density at radius 2 is 1.82 bits per heavy atom. The number of halogens is 3. The van der Waals surface area contributed by atoms with Crippen molar-refractivity contribution in [3.05, 3.63) is 41.4 Å². The van der Waals surface area contributed by atoms with E-state index in [9.17, 15) is 18.0 Å². The van der Waals surface area contributed by atoms with Crippen molar-refractivity contribution < 1.29 is 27.1 Å². The van der Waals surface area contributed by atoms with Gasteiger partial charge in [0.15, 0.2) is 11.5 Å². The fourth-order valence-corrected chi connectivity index (χ4v) is 3.86. The molecule has 1 unspecified atom stereocenters. The van der Waals surface area contributed by atoms with Crippen LogP contribution in [0.4, 0.5) is 13.2 Å². The van der Waals surface area contributed by atoms with E-state index in [0.29, 0.717) is 24.0 Å². The summed E-state index contributed by atoms with van der Waals surface area (Å²) >= 11 is 0. The van der Waals surface area contributed by atoms with Gasteiger partial charge in [0.2, 0.25) is 5.89 Å². The zero-order valence-corrected chi connectivity index (χ0v) is 18.6. The van der Waals surface area contributed by atoms with Crippen LogP contribution in [-0.4, -0.2) is 40.0 Å². The fraction of sp³-hybridized carbons (Fsp3) is 0.435. The first-order valence-corrected chi connectivity index (χ1v) is 10.8. The quantitative estimate of drug-likeness (QED) is 0.577. The predicted octanol–water partition coefficient (Wildman–Crippen LogP) is 4.95. The second kappa shape index (κ2) is 8.66. The molecule has 0 spiro atoms. The molecular formula is C23H25F3N4O3. The summed E-state index contributed by atoms with van der Waals surface area (Å²) in [7, 11) is 0. The van der Waals surface area contributed by atoms with Crippen molar-refractivity contribution in [2.24, 2.45) is 5.73 Å². The minimum atomic E-state index is -4.61. The minimum absolute atomic E-state index is 0.0315. The molecule has 7 nitrogen and oxygen atoms in total. The van der Waals surface area contributed by atoms with Crippen LogP contribution < -0.4 is 10.5 Å². The smallest absolute Gasteiger partial charge is 0.433 e. The van der Waals surface area contributed by atoms with Crippen molar-refractivity contribution >= 4 is 16.8 Å². The number of alkyl halides is 3. The van der Waals surface area contributed by atoms with E-state index in [1.165, 1.54) is 12.1 Å². The Bertz CT molecular complexity index is 1180. The molecule has 0 aliphatic carbocycles. The second-order valence-corrected chi connectivity index (χ2v) is 8.39. The standard InChI is InChI=1S/C23H25F3N4O3/c1-12(2)32-16-8-6-15(14-7-9-17(23(24,25)26)28-18(14)16)21-29-19(20(33-21)13(3)27)22(31)30-10-4-5-11-30/h6-9,12-13H,4-5,10-11,27H2,1-3H3. The van der Waals surface area contributed by atoms with Crippen LogP contribution in [0.5, 0.6) is 5.75 Å². The topological polar surface area (TPSA) is 94.5 Å². The van der Waals surface area contributed by atoms with E-state index in [-0.39, 0.29) is 40.6 Å². The molecule has 1 amide bonds. The number of hydrogen-bond donors (Lipinski definition) is 1. The van der Waals surface area contributed by atoms with Crippen molar-refractivity contribution in [2.45, 2.75) is 51.9 Å². The molecule has 2 N–H and O–H groups in total. The van der Waals surface area contributed by atoms with Crippen LogP contribution in [0.1, 0.15) is 61.6 Å². The summed E-state index contributed by atoms with van der Waals surface area (Å²) in [5.74, 6) is 0.267.